The summed E-state index contributed by atoms with van der Waals surface area (Å²) in [6, 6.07) is 9.05. The molecule has 0 atom stereocenters. The number of hydrogen-bond acceptors (Lipinski definition) is 5. The monoisotopic (exact) mass is 318 g/mol. The Morgan fingerprint density at radius 1 is 1.41 bits per heavy atom. The number of benzene rings is 1. The van der Waals surface area contributed by atoms with Gasteiger partial charge in [-0.2, -0.15) is 5.26 Å². The van der Waals surface area contributed by atoms with Crippen LogP contribution in [-0.4, -0.2) is 27.1 Å². The van der Waals surface area contributed by atoms with E-state index in [1.807, 2.05) is 0 Å². The lowest BCUT2D eigenvalue weighted by molar-refractivity contribution is 0.343. The van der Waals surface area contributed by atoms with E-state index in [9.17, 15) is 4.79 Å². The molecule has 0 spiro atoms. The highest BCUT2D eigenvalue weighted by molar-refractivity contribution is 7.99. The van der Waals surface area contributed by atoms with Crippen molar-refractivity contribution in [1.29, 1.82) is 5.26 Å². The summed E-state index contributed by atoms with van der Waals surface area (Å²) in [5.41, 5.74) is 0.446. The Bertz CT molecular complexity index is 685. The number of nitrogens with zero attached hydrogens (tertiary/aromatic N) is 3. The summed E-state index contributed by atoms with van der Waals surface area (Å²) in [4.78, 5) is 11.6. The third-order valence-electron chi connectivity index (χ3n) is 3.03. The molecule has 0 unspecified atom stereocenters. The van der Waals surface area contributed by atoms with E-state index in [0.717, 1.165) is 18.6 Å². The zero-order valence-corrected chi connectivity index (χ0v) is 13.2. The van der Waals surface area contributed by atoms with Crippen LogP contribution in [0.1, 0.15) is 25.3 Å². The molecular weight excluding hydrogens is 300 g/mol. The third-order valence-corrected chi connectivity index (χ3v) is 3.97. The quantitative estimate of drug-likeness (QED) is 0.597. The number of hydrogen-bond donors (Lipinski definition) is 1. The summed E-state index contributed by atoms with van der Waals surface area (Å²) < 4.78 is 7.26. The molecule has 22 heavy (non-hydrogen) atoms. The van der Waals surface area contributed by atoms with Crippen molar-refractivity contribution in [3.63, 3.8) is 0 Å². The van der Waals surface area contributed by atoms with E-state index in [-0.39, 0.29) is 5.69 Å². The zero-order valence-electron chi connectivity index (χ0n) is 12.4. The highest BCUT2D eigenvalue weighted by atomic mass is 32.2. The van der Waals surface area contributed by atoms with Crippen molar-refractivity contribution in [2.24, 2.45) is 0 Å². The minimum atomic E-state index is -0.163. The van der Waals surface area contributed by atoms with Gasteiger partial charge in [0.05, 0.1) is 18.2 Å². The van der Waals surface area contributed by atoms with Crippen molar-refractivity contribution in [2.75, 3.05) is 12.4 Å². The Labute approximate surface area is 133 Å². The summed E-state index contributed by atoms with van der Waals surface area (Å²) in [5, 5.41) is 15.9. The Hall–Kier alpha value is -2.20. The zero-order chi connectivity index (χ0) is 15.8. The molecule has 1 aromatic carbocycles. The number of unbranched alkanes of at least 4 members (excludes halogenated alkanes) is 1. The minimum absolute atomic E-state index is 0.163. The molecule has 0 saturated heterocycles. The number of nitriles is 1. The van der Waals surface area contributed by atoms with Gasteiger partial charge in [0.2, 0.25) is 0 Å². The van der Waals surface area contributed by atoms with E-state index in [2.05, 4.69) is 23.2 Å². The standard InChI is InChI=1S/C15H18N4O2S/c1-2-3-8-19-14(20)17-18-15(19)22-10-9-21-13-6-4-12(11-16)5-7-13/h4-7H,2-3,8-10H2,1H3,(H,17,20). The molecule has 2 rings (SSSR count). The van der Waals surface area contributed by atoms with E-state index >= 15 is 0 Å². The second kappa shape index (κ2) is 8.29. The van der Waals surface area contributed by atoms with Gasteiger partial charge in [-0.15, -0.1) is 5.10 Å². The Morgan fingerprint density at radius 2 is 2.18 bits per heavy atom. The topological polar surface area (TPSA) is 83.7 Å². The van der Waals surface area contributed by atoms with Gasteiger partial charge in [-0.3, -0.25) is 4.57 Å². The van der Waals surface area contributed by atoms with Crippen LogP contribution >= 0.6 is 11.8 Å². The molecule has 6 nitrogen and oxygen atoms in total. The number of aromatic amines is 1. The van der Waals surface area contributed by atoms with Crippen molar-refractivity contribution in [2.45, 2.75) is 31.5 Å². The van der Waals surface area contributed by atoms with E-state index in [0.29, 0.717) is 29.6 Å². The van der Waals surface area contributed by atoms with Gasteiger partial charge in [-0.25, -0.2) is 9.89 Å². The molecule has 0 aliphatic carbocycles. The van der Waals surface area contributed by atoms with Crippen LogP contribution in [0.15, 0.2) is 34.2 Å². The van der Waals surface area contributed by atoms with Gasteiger partial charge in [0.25, 0.3) is 0 Å². The van der Waals surface area contributed by atoms with Crippen molar-refractivity contribution in [3.05, 3.63) is 40.3 Å². The van der Waals surface area contributed by atoms with Gasteiger partial charge in [0, 0.05) is 12.3 Å². The molecule has 1 aromatic heterocycles. The van der Waals surface area contributed by atoms with Gasteiger partial charge in [-0.1, -0.05) is 25.1 Å². The molecule has 0 aliphatic rings. The highest BCUT2D eigenvalue weighted by Gasteiger charge is 2.08. The molecule has 116 valence electrons. The molecule has 0 fully saturated rings. The summed E-state index contributed by atoms with van der Waals surface area (Å²) in [6.45, 7) is 3.28. The third kappa shape index (κ3) is 4.40. The van der Waals surface area contributed by atoms with E-state index in [1.54, 1.807) is 28.8 Å². The smallest absolute Gasteiger partial charge is 0.343 e. The van der Waals surface area contributed by atoms with Crippen molar-refractivity contribution in [1.82, 2.24) is 14.8 Å². The molecule has 1 N–H and O–H groups in total. The molecule has 0 bridgehead atoms. The maximum absolute atomic E-state index is 11.6. The van der Waals surface area contributed by atoms with Crippen LogP contribution in [0.3, 0.4) is 0 Å². The molecule has 2 aromatic rings. The second-order valence-electron chi connectivity index (χ2n) is 4.65. The van der Waals surface area contributed by atoms with Gasteiger partial charge >= 0.3 is 5.69 Å². The van der Waals surface area contributed by atoms with Crippen LogP contribution in [0.2, 0.25) is 0 Å². The fourth-order valence-electron chi connectivity index (χ4n) is 1.85. The van der Waals surface area contributed by atoms with E-state index in [1.165, 1.54) is 11.8 Å². The lowest BCUT2D eigenvalue weighted by Gasteiger charge is -2.06. The Morgan fingerprint density at radius 3 is 2.86 bits per heavy atom. The average molecular weight is 318 g/mol. The first-order valence-corrected chi connectivity index (χ1v) is 8.14. The number of thioether (sulfide) groups is 1. The maximum atomic E-state index is 11.6. The van der Waals surface area contributed by atoms with Crippen molar-refractivity contribution >= 4 is 11.8 Å². The predicted octanol–water partition coefficient (Wildman–Crippen LogP) is 2.41. The Balaban J connectivity index is 1.81. The maximum Gasteiger partial charge on any atom is 0.343 e. The number of H-pyrrole nitrogens is 1. The number of rotatable bonds is 8. The normalized spacial score (nSPS) is 10.4. The van der Waals surface area contributed by atoms with Crippen LogP contribution in [0.25, 0.3) is 0 Å². The summed E-state index contributed by atoms with van der Waals surface area (Å²) >= 11 is 1.49. The van der Waals surface area contributed by atoms with Gasteiger partial charge in [0.15, 0.2) is 5.16 Å². The average Bonchev–Trinajstić information content (AvgIpc) is 2.90. The SMILES string of the molecule is CCCCn1c(SCCOc2ccc(C#N)cc2)n[nH]c1=O. The molecule has 7 heteroatoms. The summed E-state index contributed by atoms with van der Waals surface area (Å²) in [5.74, 6) is 1.42. The summed E-state index contributed by atoms with van der Waals surface area (Å²) in [6.07, 6.45) is 1.98. The van der Waals surface area contributed by atoms with Crippen LogP contribution in [0, 0.1) is 11.3 Å². The fraction of sp³-hybridized carbons (Fsp3) is 0.400. The largest absolute Gasteiger partial charge is 0.493 e. The molecule has 0 saturated carbocycles. The molecule has 0 radical (unpaired) electrons. The lowest BCUT2D eigenvalue weighted by atomic mass is 10.2. The minimum Gasteiger partial charge on any atom is -0.493 e. The van der Waals surface area contributed by atoms with Crippen LogP contribution < -0.4 is 10.4 Å². The van der Waals surface area contributed by atoms with Crippen molar-refractivity contribution in [3.8, 4) is 11.8 Å². The first-order chi connectivity index (χ1) is 10.7. The van der Waals surface area contributed by atoms with E-state index in [4.69, 9.17) is 10.00 Å². The number of aromatic nitrogens is 3. The molecular formula is C15H18N4O2S. The number of nitrogens with one attached hydrogen (secondary N) is 1. The van der Waals surface area contributed by atoms with Gasteiger partial charge in [0.1, 0.15) is 5.75 Å². The van der Waals surface area contributed by atoms with E-state index < -0.39 is 0 Å². The van der Waals surface area contributed by atoms with Gasteiger partial charge in [-0.05, 0) is 30.7 Å². The second-order valence-corrected chi connectivity index (χ2v) is 5.71. The molecule has 0 amide bonds. The molecule has 1 heterocycles. The first kappa shape index (κ1) is 16.2. The predicted molar refractivity (Wildman–Crippen MR) is 85.1 cm³/mol. The molecule has 0 aliphatic heterocycles. The first-order valence-electron chi connectivity index (χ1n) is 7.15. The Kier molecular flexibility index (Phi) is 6.10. The van der Waals surface area contributed by atoms with Crippen molar-refractivity contribution < 1.29 is 4.74 Å². The highest BCUT2D eigenvalue weighted by Crippen LogP contribution is 2.15. The summed E-state index contributed by atoms with van der Waals surface area (Å²) in [7, 11) is 0. The number of ether oxygens (including phenoxy) is 1. The van der Waals surface area contributed by atoms with Crippen LogP contribution in [-0.2, 0) is 6.54 Å². The van der Waals surface area contributed by atoms with Crippen LogP contribution in [0.5, 0.6) is 5.75 Å². The van der Waals surface area contributed by atoms with Gasteiger partial charge < -0.3 is 4.74 Å². The van der Waals surface area contributed by atoms with Crippen LogP contribution in [0.4, 0.5) is 0 Å². The fourth-order valence-corrected chi connectivity index (χ4v) is 2.63. The lowest BCUT2D eigenvalue weighted by Crippen LogP contribution is -2.17.